The summed E-state index contributed by atoms with van der Waals surface area (Å²) in [6, 6.07) is 5.78. The Bertz CT molecular complexity index is 626. The Hall–Kier alpha value is -1.60. The summed E-state index contributed by atoms with van der Waals surface area (Å²) in [5.74, 6) is 0. The van der Waals surface area contributed by atoms with E-state index in [2.05, 4.69) is 0 Å². The number of benzene rings is 1. The van der Waals surface area contributed by atoms with Crippen molar-refractivity contribution in [2.45, 2.75) is 57.5 Å². The molecule has 0 bridgehead atoms. The van der Waals surface area contributed by atoms with E-state index < -0.39 is 10.1 Å². The van der Waals surface area contributed by atoms with Crippen molar-refractivity contribution in [3.05, 3.63) is 29.8 Å². The Balaban J connectivity index is 0.000000243. The van der Waals surface area contributed by atoms with Gasteiger partial charge in [0.2, 0.25) is 0 Å². The minimum absolute atomic E-state index is 0.160. The Kier molecular flexibility index (Phi) is 7.23. The van der Waals surface area contributed by atoms with Gasteiger partial charge in [-0.15, -0.1) is 0 Å². The van der Waals surface area contributed by atoms with Crippen LogP contribution in [0.15, 0.2) is 29.2 Å². The molecule has 1 fully saturated rings. The molecule has 0 saturated carbocycles. The van der Waals surface area contributed by atoms with Gasteiger partial charge in [0.1, 0.15) is 5.60 Å². The largest absolute Gasteiger partial charge is 0.444 e. The first-order valence-corrected chi connectivity index (χ1v) is 9.40. The minimum Gasteiger partial charge on any atom is -0.444 e. The van der Waals surface area contributed by atoms with Gasteiger partial charge in [-0.3, -0.25) is 0 Å². The third-order valence-electron chi connectivity index (χ3n) is 3.32. The number of likely N-dealkylation sites (tertiary alicyclic amines) is 1. The number of piperidine rings is 1. The highest BCUT2D eigenvalue weighted by Gasteiger charge is 2.22. The number of carbonyl (C=O) groups excluding carboxylic acids is 1. The molecule has 1 aliphatic heterocycles. The molecule has 1 saturated heterocycles. The zero-order chi connectivity index (χ0) is 18.4. The Morgan fingerprint density at radius 1 is 1.04 bits per heavy atom. The summed E-state index contributed by atoms with van der Waals surface area (Å²) >= 11 is 0. The summed E-state index contributed by atoms with van der Waals surface area (Å²) in [6.07, 6.45) is 3.30. The van der Waals surface area contributed by atoms with Gasteiger partial charge in [0.25, 0.3) is 0 Å². The van der Waals surface area contributed by atoms with Crippen molar-refractivity contribution in [3.63, 3.8) is 0 Å². The van der Waals surface area contributed by atoms with Gasteiger partial charge in [-0.05, 0) is 59.1 Å². The van der Waals surface area contributed by atoms with Crippen LogP contribution in [0.3, 0.4) is 0 Å². The molecule has 0 aliphatic carbocycles. The van der Waals surface area contributed by atoms with Crippen LogP contribution in [-0.2, 0) is 19.4 Å². The Morgan fingerprint density at radius 2 is 1.54 bits per heavy atom. The van der Waals surface area contributed by atoms with E-state index in [9.17, 15) is 17.8 Å². The second-order valence-corrected chi connectivity index (χ2v) is 8.17. The van der Waals surface area contributed by atoms with Gasteiger partial charge in [-0.25, -0.2) is 4.79 Å². The molecular weight excluding hydrogens is 330 g/mol. The Labute approximate surface area is 144 Å². The van der Waals surface area contributed by atoms with E-state index in [1.165, 1.54) is 18.6 Å². The number of nitrogens with zero attached hydrogens (tertiary/aromatic N) is 1. The summed E-state index contributed by atoms with van der Waals surface area (Å²) < 4.78 is 36.4. The second-order valence-electron chi connectivity index (χ2n) is 6.80. The predicted octanol–water partition coefficient (Wildman–Crippen LogP) is 3.52. The fourth-order valence-corrected chi connectivity index (χ4v) is 2.58. The van der Waals surface area contributed by atoms with Crippen molar-refractivity contribution in [3.8, 4) is 0 Å². The number of ether oxygens (including phenoxy) is 1. The highest BCUT2D eigenvalue weighted by atomic mass is 32.2. The van der Waals surface area contributed by atoms with E-state index in [-0.39, 0.29) is 16.6 Å². The molecule has 1 radical (unpaired) electrons. The monoisotopic (exact) mass is 356 g/mol. The molecule has 0 N–H and O–H groups in total. The van der Waals surface area contributed by atoms with Gasteiger partial charge >= 0.3 is 16.2 Å². The van der Waals surface area contributed by atoms with Crippen molar-refractivity contribution < 1.29 is 22.5 Å². The lowest BCUT2D eigenvalue weighted by Gasteiger charge is -2.29. The van der Waals surface area contributed by atoms with Gasteiger partial charge < -0.3 is 9.64 Å². The van der Waals surface area contributed by atoms with Crippen molar-refractivity contribution in [2.24, 2.45) is 0 Å². The zero-order valence-electron chi connectivity index (χ0n) is 14.7. The maximum absolute atomic E-state index is 11.5. The molecule has 2 rings (SSSR count). The number of hydrogen-bond donors (Lipinski definition) is 0. The quantitative estimate of drug-likeness (QED) is 0.770. The SMILES string of the molecule is CC(C)(C)OC(=O)N1CCCCC1.Cc1ccc(S([O])(=O)=O)cc1. The van der Waals surface area contributed by atoms with Crippen LogP contribution in [0.25, 0.3) is 0 Å². The van der Waals surface area contributed by atoms with E-state index in [1.54, 1.807) is 17.0 Å². The summed E-state index contributed by atoms with van der Waals surface area (Å²) in [5.41, 5.74) is 0.562. The average Bonchev–Trinajstić information content (AvgIpc) is 2.46. The molecule has 0 spiro atoms. The van der Waals surface area contributed by atoms with Crippen LogP contribution >= 0.6 is 0 Å². The van der Waals surface area contributed by atoms with E-state index in [0.29, 0.717) is 0 Å². The zero-order valence-corrected chi connectivity index (χ0v) is 15.6. The van der Waals surface area contributed by atoms with E-state index in [0.717, 1.165) is 31.5 Å². The summed E-state index contributed by atoms with van der Waals surface area (Å²) in [4.78, 5) is 13.1. The molecule has 6 nitrogen and oxygen atoms in total. The molecule has 135 valence electrons. The maximum Gasteiger partial charge on any atom is 0.410 e. The molecular formula is C17H26NO5S. The van der Waals surface area contributed by atoms with Gasteiger partial charge in [0.05, 0.1) is 4.90 Å². The van der Waals surface area contributed by atoms with Crippen LogP contribution in [0.5, 0.6) is 0 Å². The predicted molar refractivity (Wildman–Crippen MR) is 90.7 cm³/mol. The summed E-state index contributed by atoms with van der Waals surface area (Å²) in [5, 5.41) is 0. The molecule has 7 heteroatoms. The average molecular weight is 356 g/mol. The molecule has 1 aromatic carbocycles. The summed E-state index contributed by atoms with van der Waals surface area (Å²) in [6.45, 7) is 9.23. The van der Waals surface area contributed by atoms with E-state index in [1.807, 2.05) is 27.7 Å². The highest BCUT2D eigenvalue weighted by Crippen LogP contribution is 2.14. The fourth-order valence-electron chi connectivity index (χ4n) is 2.11. The van der Waals surface area contributed by atoms with Crippen LogP contribution in [0.2, 0.25) is 0 Å². The molecule has 1 amide bonds. The lowest BCUT2D eigenvalue weighted by atomic mass is 10.1. The summed E-state index contributed by atoms with van der Waals surface area (Å²) in [7, 11) is -4.27. The standard InChI is InChI=1S/C10H19NO2.C7H7O3S/c1-10(2,3)13-9(12)11-7-5-4-6-8-11;1-6-2-4-7(5-3-6)11(8,9)10/h4-8H2,1-3H3;2-5H,1H3. The number of hydrogen-bond acceptors (Lipinski definition) is 4. The Morgan fingerprint density at radius 3 is 1.96 bits per heavy atom. The molecule has 0 unspecified atom stereocenters. The fraction of sp³-hybridized carbons (Fsp3) is 0.588. The first kappa shape index (κ1) is 20.4. The number of rotatable bonds is 1. The smallest absolute Gasteiger partial charge is 0.410 e. The van der Waals surface area contributed by atoms with Gasteiger partial charge in [-0.1, -0.05) is 22.2 Å². The molecule has 0 atom stereocenters. The molecule has 1 heterocycles. The third-order valence-corrected chi connectivity index (χ3v) is 4.17. The van der Waals surface area contributed by atoms with Crippen LogP contribution < -0.4 is 0 Å². The maximum atomic E-state index is 11.5. The van der Waals surface area contributed by atoms with Gasteiger partial charge in [0, 0.05) is 13.1 Å². The first-order valence-electron chi connectivity index (χ1n) is 7.99. The van der Waals surface area contributed by atoms with Gasteiger partial charge in [-0.2, -0.15) is 8.42 Å². The lowest BCUT2D eigenvalue weighted by molar-refractivity contribution is 0.0216. The van der Waals surface area contributed by atoms with E-state index in [4.69, 9.17) is 4.74 Å². The first-order chi connectivity index (χ1) is 11.0. The topological polar surface area (TPSA) is 83.6 Å². The van der Waals surface area contributed by atoms with Crippen molar-refractivity contribution >= 4 is 16.2 Å². The van der Waals surface area contributed by atoms with Gasteiger partial charge in [0.15, 0.2) is 0 Å². The molecule has 24 heavy (non-hydrogen) atoms. The van der Waals surface area contributed by atoms with E-state index >= 15 is 0 Å². The second kappa shape index (κ2) is 8.48. The van der Waals surface area contributed by atoms with Crippen LogP contribution in [-0.4, -0.2) is 38.1 Å². The highest BCUT2D eigenvalue weighted by molar-refractivity contribution is 7.85. The van der Waals surface area contributed by atoms with Crippen molar-refractivity contribution in [2.75, 3.05) is 13.1 Å². The molecule has 1 aliphatic rings. The van der Waals surface area contributed by atoms with Crippen molar-refractivity contribution in [1.29, 1.82) is 0 Å². The van der Waals surface area contributed by atoms with Crippen molar-refractivity contribution in [1.82, 2.24) is 4.90 Å². The minimum atomic E-state index is -4.27. The number of amides is 1. The molecule has 0 aromatic heterocycles. The number of carbonyl (C=O) groups is 1. The van der Waals surface area contributed by atoms with Crippen LogP contribution in [0.1, 0.15) is 45.6 Å². The van der Waals surface area contributed by atoms with Crippen LogP contribution in [0, 0.1) is 6.92 Å². The number of aryl methyl sites for hydroxylation is 1. The normalized spacial score (nSPS) is 15.3. The lowest BCUT2D eigenvalue weighted by Crippen LogP contribution is -2.39. The third kappa shape index (κ3) is 7.79. The molecule has 1 aromatic rings. The van der Waals surface area contributed by atoms with Crippen LogP contribution in [0.4, 0.5) is 4.79 Å².